The third kappa shape index (κ3) is 4.04. The SMILES string of the molecule is Cc1nn(C)c(C)c1C(=O)Nc1ccc(S(=O)(=O)Nc2cccc(F)c2)cc1. The molecule has 3 rings (SSSR count). The van der Waals surface area contributed by atoms with Crippen LogP contribution >= 0.6 is 0 Å². The van der Waals surface area contributed by atoms with Crippen LogP contribution in [-0.2, 0) is 17.1 Å². The Labute approximate surface area is 162 Å². The minimum absolute atomic E-state index is 0.0106. The maximum Gasteiger partial charge on any atom is 0.261 e. The number of anilines is 2. The molecule has 0 aliphatic rings. The van der Waals surface area contributed by atoms with Gasteiger partial charge >= 0.3 is 0 Å². The molecule has 1 heterocycles. The number of aryl methyl sites for hydroxylation is 2. The van der Waals surface area contributed by atoms with Crippen LogP contribution < -0.4 is 10.0 Å². The van der Waals surface area contributed by atoms with Crippen LogP contribution in [0.3, 0.4) is 0 Å². The average molecular weight is 402 g/mol. The zero-order chi connectivity index (χ0) is 20.5. The smallest absolute Gasteiger partial charge is 0.261 e. The molecule has 0 aliphatic carbocycles. The molecule has 1 amide bonds. The van der Waals surface area contributed by atoms with Crippen molar-refractivity contribution in [1.82, 2.24) is 9.78 Å². The van der Waals surface area contributed by atoms with Crippen molar-refractivity contribution >= 4 is 27.3 Å². The molecule has 1 aromatic heterocycles. The van der Waals surface area contributed by atoms with E-state index in [1.54, 1.807) is 25.6 Å². The number of nitrogens with one attached hydrogen (secondary N) is 2. The van der Waals surface area contributed by atoms with Gasteiger partial charge in [-0.1, -0.05) is 6.07 Å². The van der Waals surface area contributed by atoms with E-state index in [4.69, 9.17) is 0 Å². The number of halogens is 1. The van der Waals surface area contributed by atoms with Crippen LogP contribution in [0.1, 0.15) is 21.7 Å². The van der Waals surface area contributed by atoms with Gasteiger partial charge in [0.2, 0.25) is 0 Å². The number of hydrogen-bond donors (Lipinski definition) is 2. The number of benzene rings is 2. The van der Waals surface area contributed by atoms with Gasteiger partial charge in [0.05, 0.1) is 21.8 Å². The Bertz CT molecular complexity index is 1140. The summed E-state index contributed by atoms with van der Waals surface area (Å²) in [6.45, 7) is 3.54. The van der Waals surface area contributed by atoms with Crippen LogP contribution in [0.4, 0.5) is 15.8 Å². The quantitative estimate of drug-likeness (QED) is 0.685. The van der Waals surface area contributed by atoms with E-state index in [0.717, 1.165) is 11.8 Å². The second-order valence-electron chi connectivity index (χ2n) is 6.26. The van der Waals surface area contributed by atoms with E-state index in [-0.39, 0.29) is 16.5 Å². The summed E-state index contributed by atoms with van der Waals surface area (Å²) in [7, 11) is -2.13. The molecular formula is C19H19FN4O3S. The molecule has 9 heteroatoms. The van der Waals surface area contributed by atoms with E-state index in [2.05, 4.69) is 15.1 Å². The van der Waals surface area contributed by atoms with Crippen LogP contribution in [0.15, 0.2) is 53.4 Å². The third-order valence-electron chi connectivity index (χ3n) is 4.24. The highest BCUT2D eigenvalue weighted by atomic mass is 32.2. The van der Waals surface area contributed by atoms with Gasteiger partial charge in [-0.25, -0.2) is 12.8 Å². The molecule has 0 saturated heterocycles. The largest absolute Gasteiger partial charge is 0.322 e. The first-order valence-electron chi connectivity index (χ1n) is 8.37. The van der Waals surface area contributed by atoms with Crippen molar-refractivity contribution in [2.75, 3.05) is 10.0 Å². The van der Waals surface area contributed by atoms with Crippen molar-refractivity contribution in [3.8, 4) is 0 Å². The lowest BCUT2D eigenvalue weighted by molar-refractivity contribution is 0.102. The average Bonchev–Trinajstić information content (AvgIpc) is 2.87. The molecule has 28 heavy (non-hydrogen) atoms. The van der Waals surface area contributed by atoms with Crippen LogP contribution in [0, 0.1) is 19.7 Å². The van der Waals surface area contributed by atoms with E-state index >= 15 is 0 Å². The van der Waals surface area contributed by atoms with Crippen LogP contribution in [-0.4, -0.2) is 24.1 Å². The Hall–Kier alpha value is -3.20. The molecule has 7 nitrogen and oxygen atoms in total. The van der Waals surface area contributed by atoms with Gasteiger partial charge in [0.25, 0.3) is 15.9 Å². The zero-order valence-corrected chi connectivity index (χ0v) is 16.3. The number of nitrogens with zero attached hydrogens (tertiary/aromatic N) is 2. The topological polar surface area (TPSA) is 93.1 Å². The lowest BCUT2D eigenvalue weighted by Gasteiger charge is -2.10. The molecule has 146 valence electrons. The highest BCUT2D eigenvalue weighted by Crippen LogP contribution is 2.20. The Morgan fingerprint density at radius 1 is 1.07 bits per heavy atom. The minimum atomic E-state index is -3.88. The number of aromatic nitrogens is 2. The van der Waals surface area contributed by atoms with Gasteiger partial charge in [0.1, 0.15) is 5.82 Å². The molecule has 0 atom stereocenters. The monoisotopic (exact) mass is 402 g/mol. The summed E-state index contributed by atoms with van der Waals surface area (Å²) in [5.41, 5.74) is 2.38. The fraction of sp³-hybridized carbons (Fsp3) is 0.158. The van der Waals surface area contributed by atoms with Crippen LogP contribution in [0.25, 0.3) is 0 Å². The lowest BCUT2D eigenvalue weighted by Crippen LogP contribution is -2.15. The first-order chi connectivity index (χ1) is 13.2. The van der Waals surface area contributed by atoms with Gasteiger partial charge in [-0.05, 0) is 56.3 Å². The molecular weight excluding hydrogens is 383 g/mol. The van der Waals surface area contributed by atoms with Gasteiger partial charge in [0.15, 0.2) is 0 Å². The highest BCUT2D eigenvalue weighted by molar-refractivity contribution is 7.92. The minimum Gasteiger partial charge on any atom is -0.322 e. The lowest BCUT2D eigenvalue weighted by atomic mass is 10.2. The molecule has 0 saturated carbocycles. The first kappa shape index (κ1) is 19.6. The van der Waals surface area contributed by atoms with Gasteiger partial charge < -0.3 is 5.32 Å². The third-order valence-corrected chi connectivity index (χ3v) is 5.63. The van der Waals surface area contributed by atoms with Gasteiger partial charge in [0, 0.05) is 18.4 Å². The zero-order valence-electron chi connectivity index (χ0n) is 15.5. The molecule has 0 spiro atoms. The van der Waals surface area contributed by atoms with Crippen LogP contribution in [0.5, 0.6) is 0 Å². The van der Waals surface area contributed by atoms with E-state index in [0.29, 0.717) is 16.9 Å². The standard InChI is InChI=1S/C19H19FN4O3S/c1-12-18(13(2)24(3)22-12)19(25)21-15-7-9-17(10-8-15)28(26,27)23-16-6-4-5-14(20)11-16/h4-11,23H,1-3H3,(H,21,25). The Kier molecular flexibility index (Phi) is 5.19. The Morgan fingerprint density at radius 2 is 1.75 bits per heavy atom. The fourth-order valence-corrected chi connectivity index (χ4v) is 3.83. The maximum atomic E-state index is 13.2. The van der Waals surface area contributed by atoms with Crippen LogP contribution in [0.2, 0.25) is 0 Å². The van der Waals surface area contributed by atoms with Gasteiger partial charge in [-0.2, -0.15) is 5.10 Å². The molecule has 0 bridgehead atoms. The van der Waals surface area contributed by atoms with Crippen molar-refractivity contribution in [2.45, 2.75) is 18.7 Å². The normalized spacial score (nSPS) is 11.3. The van der Waals surface area contributed by atoms with Gasteiger partial charge in [-0.3, -0.25) is 14.2 Å². The molecule has 0 radical (unpaired) electrons. The number of carbonyl (C=O) groups excluding carboxylic acids is 1. The fourth-order valence-electron chi connectivity index (χ4n) is 2.78. The molecule has 3 aromatic rings. The van der Waals surface area contributed by atoms with Crippen molar-refractivity contribution < 1.29 is 17.6 Å². The molecule has 0 fully saturated rings. The number of carbonyl (C=O) groups is 1. The number of rotatable bonds is 5. The number of sulfonamides is 1. The first-order valence-corrected chi connectivity index (χ1v) is 9.86. The maximum absolute atomic E-state index is 13.2. The predicted octanol–water partition coefficient (Wildman–Crippen LogP) is 3.23. The summed E-state index contributed by atoms with van der Waals surface area (Å²) in [6, 6.07) is 10.9. The summed E-state index contributed by atoms with van der Waals surface area (Å²) in [6.07, 6.45) is 0. The molecule has 0 aliphatic heterocycles. The Morgan fingerprint density at radius 3 is 2.32 bits per heavy atom. The molecule has 0 unspecified atom stereocenters. The van der Waals surface area contributed by atoms with E-state index in [1.807, 2.05) is 0 Å². The van der Waals surface area contributed by atoms with E-state index in [1.165, 1.54) is 42.5 Å². The van der Waals surface area contributed by atoms with Crippen molar-refractivity contribution in [1.29, 1.82) is 0 Å². The highest BCUT2D eigenvalue weighted by Gasteiger charge is 2.18. The van der Waals surface area contributed by atoms with Crippen molar-refractivity contribution in [3.63, 3.8) is 0 Å². The summed E-state index contributed by atoms with van der Waals surface area (Å²) >= 11 is 0. The van der Waals surface area contributed by atoms with Crippen molar-refractivity contribution in [3.05, 3.63) is 71.3 Å². The summed E-state index contributed by atoms with van der Waals surface area (Å²) in [4.78, 5) is 12.5. The summed E-state index contributed by atoms with van der Waals surface area (Å²) < 4.78 is 42.0. The second kappa shape index (κ2) is 7.43. The number of amides is 1. The summed E-state index contributed by atoms with van der Waals surface area (Å²) in [5, 5.41) is 6.94. The second-order valence-corrected chi connectivity index (χ2v) is 7.95. The predicted molar refractivity (Wildman–Crippen MR) is 104 cm³/mol. The van der Waals surface area contributed by atoms with Gasteiger partial charge in [-0.15, -0.1) is 0 Å². The van der Waals surface area contributed by atoms with E-state index < -0.39 is 15.8 Å². The van der Waals surface area contributed by atoms with E-state index in [9.17, 15) is 17.6 Å². The number of hydrogen-bond acceptors (Lipinski definition) is 4. The molecule has 2 aromatic carbocycles. The summed E-state index contributed by atoms with van der Waals surface area (Å²) in [5.74, 6) is -0.865. The van der Waals surface area contributed by atoms with Crippen molar-refractivity contribution in [2.24, 2.45) is 7.05 Å². The molecule has 2 N–H and O–H groups in total. The Balaban J connectivity index is 1.76.